The van der Waals surface area contributed by atoms with Gasteiger partial charge in [-0.2, -0.15) is 0 Å². The Kier molecular flexibility index (Phi) is 3.48. The summed E-state index contributed by atoms with van der Waals surface area (Å²) in [7, 11) is 0. The summed E-state index contributed by atoms with van der Waals surface area (Å²) in [5.41, 5.74) is 0.535. The second kappa shape index (κ2) is 5.27. The van der Waals surface area contributed by atoms with Gasteiger partial charge < -0.3 is 9.64 Å². The van der Waals surface area contributed by atoms with E-state index in [4.69, 9.17) is 4.74 Å². The predicted molar refractivity (Wildman–Crippen MR) is 67.8 cm³/mol. The van der Waals surface area contributed by atoms with Gasteiger partial charge in [-0.1, -0.05) is 18.2 Å². The number of amides is 1. The minimum absolute atomic E-state index is 0.0279. The molecular weight excluding hydrogens is 247 g/mol. The quantitative estimate of drug-likeness (QED) is 0.894. The third-order valence-electron chi connectivity index (χ3n) is 3.76. The van der Waals surface area contributed by atoms with Crippen molar-refractivity contribution < 1.29 is 13.9 Å². The molecule has 102 valence electrons. The summed E-state index contributed by atoms with van der Waals surface area (Å²) in [6.45, 7) is 2.34. The Hall–Kier alpha value is -1.46. The highest BCUT2D eigenvalue weighted by molar-refractivity contribution is 5.81. The number of hydrogen-bond acceptors (Lipinski definition) is 3. The zero-order valence-corrected chi connectivity index (χ0v) is 10.6. The maximum atomic E-state index is 13.9. The first-order valence-corrected chi connectivity index (χ1v) is 6.61. The fourth-order valence-corrected chi connectivity index (χ4v) is 2.73. The smallest absolute Gasteiger partial charge is 0.238 e. The van der Waals surface area contributed by atoms with Gasteiger partial charge in [-0.05, 0) is 12.5 Å². The zero-order valence-electron chi connectivity index (χ0n) is 10.6. The molecule has 4 nitrogen and oxygen atoms in total. The van der Waals surface area contributed by atoms with E-state index in [9.17, 15) is 9.18 Å². The molecule has 2 atom stereocenters. The Bertz CT molecular complexity index is 474. The molecular formula is C14H17FN2O2. The van der Waals surface area contributed by atoms with Crippen LogP contribution >= 0.6 is 0 Å². The molecule has 2 aliphatic heterocycles. The highest BCUT2D eigenvalue weighted by Gasteiger charge is 2.35. The summed E-state index contributed by atoms with van der Waals surface area (Å²) in [5, 5.41) is 3.08. The summed E-state index contributed by atoms with van der Waals surface area (Å²) in [6.07, 6.45) is 0.614. The molecule has 1 aromatic carbocycles. The fourth-order valence-electron chi connectivity index (χ4n) is 2.73. The molecule has 1 aromatic rings. The lowest BCUT2D eigenvalue weighted by atomic mass is 10.1. The van der Waals surface area contributed by atoms with E-state index < -0.39 is 0 Å². The van der Waals surface area contributed by atoms with Crippen LogP contribution in [0.4, 0.5) is 4.39 Å². The predicted octanol–water partition coefficient (Wildman–Crippen LogP) is 1.29. The van der Waals surface area contributed by atoms with Crippen LogP contribution in [0.3, 0.4) is 0 Å². The molecule has 0 aliphatic carbocycles. The van der Waals surface area contributed by atoms with Crippen molar-refractivity contribution in [1.82, 2.24) is 10.2 Å². The molecule has 0 spiro atoms. The summed E-state index contributed by atoms with van der Waals surface area (Å²) in [6, 6.07) is 6.60. The monoisotopic (exact) mass is 264 g/mol. The van der Waals surface area contributed by atoms with Crippen LogP contribution in [0.15, 0.2) is 24.3 Å². The molecule has 5 heteroatoms. The molecule has 2 aliphatic rings. The summed E-state index contributed by atoms with van der Waals surface area (Å²) < 4.78 is 19.2. The SMILES string of the molecule is O=C1CNC(c2ccccc2F)N1CC1CCOC1. The second-order valence-electron chi connectivity index (χ2n) is 5.08. The number of carbonyl (C=O) groups is 1. The van der Waals surface area contributed by atoms with E-state index in [-0.39, 0.29) is 24.4 Å². The standard InChI is InChI=1S/C14H17FN2O2/c15-12-4-2-1-3-11(12)14-16-7-13(18)17(14)8-10-5-6-19-9-10/h1-4,10,14,16H,5-9H2. The third kappa shape index (κ3) is 2.48. The minimum atomic E-state index is -0.353. The van der Waals surface area contributed by atoms with Crippen molar-refractivity contribution in [2.75, 3.05) is 26.3 Å². The van der Waals surface area contributed by atoms with E-state index in [1.54, 1.807) is 23.1 Å². The number of halogens is 1. The van der Waals surface area contributed by atoms with Crippen molar-refractivity contribution in [2.45, 2.75) is 12.6 Å². The number of hydrogen-bond donors (Lipinski definition) is 1. The van der Waals surface area contributed by atoms with Gasteiger partial charge in [0.25, 0.3) is 0 Å². The molecule has 1 amide bonds. The molecule has 0 saturated carbocycles. The first kappa shape index (κ1) is 12.6. The largest absolute Gasteiger partial charge is 0.381 e. The van der Waals surface area contributed by atoms with Crippen molar-refractivity contribution in [3.8, 4) is 0 Å². The van der Waals surface area contributed by atoms with E-state index in [0.717, 1.165) is 13.0 Å². The van der Waals surface area contributed by atoms with Crippen LogP contribution in [0.5, 0.6) is 0 Å². The Labute approximate surface area is 111 Å². The molecule has 19 heavy (non-hydrogen) atoms. The number of nitrogens with zero attached hydrogens (tertiary/aromatic N) is 1. The number of rotatable bonds is 3. The summed E-state index contributed by atoms with van der Waals surface area (Å²) in [4.78, 5) is 13.7. The fraction of sp³-hybridized carbons (Fsp3) is 0.500. The Morgan fingerprint density at radius 1 is 1.42 bits per heavy atom. The second-order valence-corrected chi connectivity index (χ2v) is 5.08. The molecule has 0 aromatic heterocycles. The lowest BCUT2D eigenvalue weighted by Gasteiger charge is -2.27. The lowest BCUT2D eigenvalue weighted by Crippen LogP contribution is -2.35. The van der Waals surface area contributed by atoms with Crippen LogP contribution in [0, 0.1) is 11.7 Å². The molecule has 0 bridgehead atoms. The number of benzene rings is 1. The highest BCUT2D eigenvalue weighted by Crippen LogP contribution is 2.27. The molecule has 2 unspecified atom stereocenters. The molecule has 0 radical (unpaired) electrons. The Morgan fingerprint density at radius 3 is 3.00 bits per heavy atom. The van der Waals surface area contributed by atoms with Gasteiger partial charge in [0, 0.05) is 24.6 Å². The lowest BCUT2D eigenvalue weighted by molar-refractivity contribution is -0.128. The van der Waals surface area contributed by atoms with Crippen LogP contribution in [0.2, 0.25) is 0 Å². The molecule has 2 fully saturated rings. The normalized spacial score (nSPS) is 27.2. The number of carbonyl (C=O) groups excluding carboxylic acids is 1. The average Bonchev–Trinajstić information content (AvgIpc) is 3.03. The van der Waals surface area contributed by atoms with Crippen molar-refractivity contribution in [3.05, 3.63) is 35.6 Å². The van der Waals surface area contributed by atoms with Crippen molar-refractivity contribution in [2.24, 2.45) is 5.92 Å². The van der Waals surface area contributed by atoms with Crippen LogP contribution in [0.1, 0.15) is 18.2 Å². The summed E-state index contributed by atoms with van der Waals surface area (Å²) >= 11 is 0. The minimum Gasteiger partial charge on any atom is -0.381 e. The van der Waals surface area contributed by atoms with Crippen LogP contribution in [-0.2, 0) is 9.53 Å². The van der Waals surface area contributed by atoms with Crippen molar-refractivity contribution >= 4 is 5.91 Å². The first-order valence-electron chi connectivity index (χ1n) is 6.61. The maximum absolute atomic E-state index is 13.9. The van der Waals surface area contributed by atoms with E-state index in [1.165, 1.54) is 6.07 Å². The van der Waals surface area contributed by atoms with Crippen LogP contribution < -0.4 is 5.32 Å². The Morgan fingerprint density at radius 2 is 2.26 bits per heavy atom. The van der Waals surface area contributed by atoms with Gasteiger partial charge in [-0.3, -0.25) is 10.1 Å². The van der Waals surface area contributed by atoms with Crippen LogP contribution in [-0.4, -0.2) is 37.1 Å². The number of nitrogens with one attached hydrogen (secondary N) is 1. The van der Waals surface area contributed by atoms with Gasteiger partial charge in [-0.25, -0.2) is 4.39 Å². The van der Waals surface area contributed by atoms with Crippen LogP contribution in [0.25, 0.3) is 0 Å². The Balaban J connectivity index is 1.79. The van der Waals surface area contributed by atoms with E-state index in [0.29, 0.717) is 24.6 Å². The van der Waals surface area contributed by atoms with Crippen molar-refractivity contribution in [3.63, 3.8) is 0 Å². The van der Waals surface area contributed by atoms with Gasteiger partial charge in [0.2, 0.25) is 5.91 Å². The third-order valence-corrected chi connectivity index (χ3v) is 3.76. The van der Waals surface area contributed by atoms with E-state index >= 15 is 0 Å². The topological polar surface area (TPSA) is 41.6 Å². The van der Waals surface area contributed by atoms with E-state index in [1.807, 2.05) is 0 Å². The van der Waals surface area contributed by atoms with Gasteiger partial charge >= 0.3 is 0 Å². The van der Waals surface area contributed by atoms with E-state index in [2.05, 4.69) is 5.32 Å². The molecule has 3 rings (SSSR count). The molecule has 1 N–H and O–H groups in total. The average molecular weight is 264 g/mol. The van der Waals surface area contributed by atoms with Gasteiger partial charge in [0.1, 0.15) is 12.0 Å². The highest BCUT2D eigenvalue weighted by atomic mass is 19.1. The number of ether oxygens (including phenoxy) is 1. The zero-order chi connectivity index (χ0) is 13.2. The van der Waals surface area contributed by atoms with Gasteiger partial charge in [0.05, 0.1) is 13.2 Å². The van der Waals surface area contributed by atoms with Gasteiger partial charge in [0.15, 0.2) is 0 Å². The molecule has 2 heterocycles. The molecule has 2 saturated heterocycles. The van der Waals surface area contributed by atoms with Crippen molar-refractivity contribution in [1.29, 1.82) is 0 Å². The summed E-state index contributed by atoms with van der Waals surface area (Å²) in [5.74, 6) is 0.112. The first-order chi connectivity index (χ1) is 9.25. The van der Waals surface area contributed by atoms with Gasteiger partial charge in [-0.15, -0.1) is 0 Å². The maximum Gasteiger partial charge on any atom is 0.238 e.